The lowest BCUT2D eigenvalue weighted by atomic mass is 9.99. The van der Waals surface area contributed by atoms with Gasteiger partial charge in [0.05, 0.1) is 16.1 Å². The number of nitrogens with one attached hydrogen (secondary N) is 1. The van der Waals surface area contributed by atoms with E-state index in [4.69, 9.17) is 4.74 Å². The molecule has 2 amide bonds. The molecule has 8 heteroatoms. The van der Waals surface area contributed by atoms with Gasteiger partial charge in [-0.1, -0.05) is 35.6 Å². The molecule has 0 aliphatic carbocycles. The molecule has 28 heavy (non-hydrogen) atoms. The summed E-state index contributed by atoms with van der Waals surface area (Å²) in [6.07, 6.45) is 0. The maximum absolute atomic E-state index is 13.5. The van der Waals surface area contributed by atoms with Crippen LogP contribution in [-0.4, -0.2) is 41.4 Å². The second kappa shape index (κ2) is 7.55. The molecule has 1 aromatic heterocycles. The van der Waals surface area contributed by atoms with Crippen LogP contribution in [0.25, 0.3) is 10.2 Å². The van der Waals surface area contributed by atoms with E-state index in [1.165, 1.54) is 28.4 Å². The standard InChI is InChI=1S/C20H18FN3O3S/c1-12-5-4-8-16-18(12)22-20(28-16)23-19(26)13-9-24(10-13)17(25)11-27-15-7-3-2-6-14(15)21/h2-8,13H,9-11H2,1H3,(H,22,23,26). The van der Waals surface area contributed by atoms with Gasteiger partial charge >= 0.3 is 0 Å². The lowest BCUT2D eigenvalue weighted by Gasteiger charge is -2.37. The third-order valence-electron chi connectivity index (χ3n) is 4.64. The van der Waals surface area contributed by atoms with Crippen molar-refractivity contribution in [3.8, 4) is 5.75 Å². The molecule has 1 saturated heterocycles. The normalized spacial score (nSPS) is 14.0. The number of fused-ring (bicyclic) bond motifs is 1. The molecule has 0 spiro atoms. The number of likely N-dealkylation sites (tertiary alicyclic amines) is 1. The third kappa shape index (κ3) is 3.68. The van der Waals surface area contributed by atoms with Crippen molar-refractivity contribution in [2.75, 3.05) is 25.0 Å². The molecule has 1 aliphatic rings. The largest absolute Gasteiger partial charge is 0.481 e. The fourth-order valence-electron chi connectivity index (χ4n) is 2.99. The van der Waals surface area contributed by atoms with Crippen LogP contribution in [0.4, 0.5) is 9.52 Å². The van der Waals surface area contributed by atoms with Crippen LogP contribution in [0.1, 0.15) is 5.56 Å². The Labute approximate surface area is 164 Å². The van der Waals surface area contributed by atoms with Crippen molar-refractivity contribution < 1.29 is 18.7 Å². The number of para-hydroxylation sites is 2. The number of benzene rings is 2. The molecular weight excluding hydrogens is 381 g/mol. The first-order chi connectivity index (χ1) is 13.5. The summed E-state index contributed by atoms with van der Waals surface area (Å²) in [6.45, 7) is 2.35. The van der Waals surface area contributed by atoms with Gasteiger partial charge in [0, 0.05) is 13.1 Å². The van der Waals surface area contributed by atoms with Gasteiger partial charge in [0.2, 0.25) is 5.91 Å². The molecule has 0 bridgehead atoms. The summed E-state index contributed by atoms with van der Waals surface area (Å²) in [6, 6.07) is 11.8. The van der Waals surface area contributed by atoms with Crippen molar-refractivity contribution in [2.45, 2.75) is 6.92 Å². The van der Waals surface area contributed by atoms with E-state index in [0.29, 0.717) is 18.2 Å². The number of aryl methyl sites for hydroxylation is 1. The summed E-state index contributed by atoms with van der Waals surface area (Å²) in [5, 5.41) is 3.39. The molecular formula is C20H18FN3O3S. The summed E-state index contributed by atoms with van der Waals surface area (Å²) in [7, 11) is 0. The Morgan fingerprint density at radius 2 is 2.04 bits per heavy atom. The lowest BCUT2D eigenvalue weighted by molar-refractivity contribution is -0.143. The van der Waals surface area contributed by atoms with Crippen LogP contribution in [-0.2, 0) is 9.59 Å². The van der Waals surface area contributed by atoms with Crippen molar-refractivity contribution in [1.29, 1.82) is 0 Å². The predicted octanol–water partition coefficient (Wildman–Crippen LogP) is 3.22. The first-order valence-electron chi connectivity index (χ1n) is 8.83. The van der Waals surface area contributed by atoms with Crippen LogP contribution in [0.5, 0.6) is 5.75 Å². The fourth-order valence-corrected chi connectivity index (χ4v) is 3.93. The van der Waals surface area contributed by atoms with Gasteiger partial charge in [0.1, 0.15) is 0 Å². The van der Waals surface area contributed by atoms with Gasteiger partial charge in [0.15, 0.2) is 23.3 Å². The number of halogens is 1. The molecule has 6 nitrogen and oxygen atoms in total. The van der Waals surface area contributed by atoms with E-state index >= 15 is 0 Å². The van der Waals surface area contributed by atoms with Crippen molar-refractivity contribution in [2.24, 2.45) is 5.92 Å². The molecule has 1 N–H and O–H groups in total. The number of nitrogens with zero attached hydrogens (tertiary/aromatic N) is 2. The zero-order valence-electron chi connectivity index (χ0n) is 15.1. The van der Waals surface area contributed by atoms with Crippen LogP contribution in [0.15, 0.2) is 42.5 Å². The molecule has 1 aliphatic heterocycles. The van der Waals surface area contributed by atoms with Gasteiger partial charge in [0.25, 0.3) is 5.91 Å². The average Bonchev–Trinajstić information content (AvgIpc) is 3.03. The highest BCUT2D eigenvalue weighted by molar-refractivity contribution is 7.22. The zero-order valence-corrected chi connectivity index (χ0v) is 16.0. The van der Waals surface area contributed by atoms with Gasteiger partial charge < -0.3 is 15.0 Å². The van der Waals surface area contributed by atoms with Crippen LogP contribution >= 0.6 is 11.3 Å². The maximum Gasteiger partial charge on any atom is 0.260 e. The van der Waals surface area contributed by atoms with E-state index in [-0.39, 0.29) is 30.1 Å². The Bertz CT molecular complexity index is 1050. The number of hydrogen-bond acceptors (Lipinski definition) is 5. The number of anilines is 1. The molecule has 0 radical (unpaired) electrons. The van der Waals surface area contributed by atoms with E-state index in [1.54, 1.807) is 12.1 Å². The van der Waals surface area contributed by atoms with Gasteiger partial charge in [-0.15, -0.1) is 0 Å². The van der Waals surface area contributed by atoms with Gasteiger partial charge in [-0.05, 0) is 30.7 Å². The fraction of sp³-hybridized carbons (Fsp3) is 0.250. The first kappa shape index (κ1) is 18.4. The summed E-state index contributed by atoms with van der Waals surface area (Å²) in [4.78, 5) is 30.5. The quantitative estimate of drug-likeness (QED) is 0.715. The molecule has 0 atom stereocenters. The topological polar surface area (TPSA) is 71.5 Å². The van der Waals surface area contributed by atoms with E-state index in [1.807, 2.05) is 25.1 Å². The Morgan fingerprint density at radius 1 is 1.25 bits per heavy atom. The number of carbonyl (C=O) groups excluding carboxylic acids is 2. The lowest BCUT2D eigenvalue weighted by Crippen LogP contribution is -2.55. The van der Waals surface area contributed by atoms with E-state index in [9.17, 15) is 14.0 Å². The number of amides is 2. The Balaban J connectivity index is 1.28. The van der Waals surface area contributed by atoms with E-state index in [2.05, 4.69) is 10.3 Å². The number of thiazole rings is 1. The molecule has 4 rings (SSSR count). The van der Waals surface area contributed by atoms with Crippen molar-refractivity contribution in [1.82, 2.24) is 9.88 Å². The van der Waals surface area contributed by atoms with Crippen LogP contribution in [0.2, 0.25) is 0 Å². The molecule has 144 valence electrons. The smallest absolute Gasteiger partial charge is 0.260 e. The van der Waals surface area contributed by atoms with Crippen molar-refractivity contribution in [3.63, 3.8) is 0 Å². The second-order valence-electron chi connectivity index (χ2n) is 6.64. The van der Waals surface area contributed by atoms with E-state index < -0.39 is 5.82 Å². The van der Waals surface area contributed by atoms with Gasteiger partial charge in [-0.25, -0.2) is 9.37 Å². The number of rotatable bonds is 5. The van der Waals surface area contributed by atoms with Gasteiger partial charge in [-0.2, -0.15) is 0 Å². The minimum Gasteiger partial charge on any atom is -0.481 e. The Kier molecular flexibility index (Phi) is 4.95. The third-order valence-corrected chi connectivity index (χ3v) is 5.58. The highest BCUT2D eigenvalue weighted by atomic mass is 32.1. The van der Waals surface area contributed by atoms with Crippen molar-refractivity contribution >= 4 is 38.5 Å². The second-order valence-corrected chi connectivity index (χ2v) is 7.68. The molecule has 1 fully saturated rings. The number of carbonyl (C=O) groups is 2. The summed E-state index contributed by atoms with van der Waals surface area (Å²) >= 11 is 1.43. The van der Waals surface area contributed by atoms with Crippen LogP contribution in [0.3, 0.4) is 0 Å². The highest BCUT2D eigenvalue weighted by Crippen LogP contribution is 2.29. The minimum atomic E-state index is -0.512. The highest BCUT2D eigenvalue weighted by Gasteiger charge is 2.36. The summed E-state index contributed by atoms with van der Waals surface area (Å²) < 4.78 is 19.7. The molecule has 2 heterocycles. The Hall–Kier alpha value is -3.00. The van der Waals surface area contributed by atoms with Crippen LogP contribution in [0, 0.1) is 18.7 Å². The number of hydrogen-bond donors (Lipinski definition) is 1. The van der Waals surface area contributed by atoms with Crippen LogP contribution < -0.4 is 10.1 Å². The molecule has 0 unspecified atom stereocenters. The molecule has 3 aromatic rings. The summed E-state index contributed by atoms with van der Waals surface area (Å²) in [5.74, 6) is -1.19. The monoisotopic (exact) mass is 399 g/mol. The SMILES string of the molecule is Cc1cccc2sc(NC(=O)C3CN(C(=O)COc4ccccc4F)C3)nc12. The number of ether oxygens (including phenoxy) is 1. The molecule has 0 saturated carbocycles. The summed E-state index contributed by atoms with van der Waals surface area (Å²) in [5.41, 5.74) is 1.95. The molecule has 2 aromatic carbocycles. The number of aromatic nitrogens is 1. The van der Waals surface area contributed by atoms with Crippen molar-refractivity contribution in [3.05, 3.63) is 53.8 Å². The van der Waals surface area contributed by atoms with E-state index in [0.717, 1.165) is 15.8 Å². The minimum absolute atomic E-state index is 0.0387. The maximum atomic E-state index is 13.5. The predicted molar refractivity (Wildman–Crippen MR) is 105 cm³/mol. The van der Waals surface area contributed by atoms with Gasteiger partial charge in [-0.3, -0.25) is 9.59 Å². The average molecular weight is 399 g/mol. The Morgan fingerprint density at radius 3 is 2.79 bits per heavy atom. The first-order valence-corrected chi connectivity index (χ1v) is 9.65. The zero-order chi connectivity index (χ0) is 19.7.